The molecule has 0 saturated heterocycles. The number of fused-ring (bicyclic) bond motifs is 1. The molecular weight excluding hydrogens is 356 g/mol. The monoisotopic (exact) mass is 371 g/mol. The van der Waals surface area contributed by atoms with E-state index in [0.29, 0.717) is 11.3 Å². The van der Waals surface area contributed by atoms with Crippen LogP contribution in [0.2, 0.25) is 0 Å². The van der Waals surface area contributed by atoms with E-state index >= 15 is 0 Å². The van der Waals surface area contributed by atoms with E-state index in [1.54, 1.807) is 36.7 Å². The summed E-state index contributed by atoms with van der Waals surface area (Å²) in [4.78, 5) is 31.7. The average molecular weight is 371 g/mol. The van der Waals surface area contributed by atoms with E-state index in [2.05, 4.69) is 26.7 Å². The molecule has 0 spiro atoms. The molecule has 0 fully saturated rings. The van der Waals surface area contributed by atoms with E-state index in [1.807, 2.05) is 24.3 Å². The number of rotatable bonds is 5. The number of hydrogen-bond acceptors (Lipinski definition) is 5. The largest absolute Gasteiger partial charge is 0.365 e. The van der Waals surface area contributed by atoms with Crippen LogP contribution in [0.5, 0.6) is 0 Å². The first-order chi connectivity index (χ1) is 13.6. The third-order valence-electron chi connectivity index (χ3n) is 4.20. The number of nitrogens with two attached hydrogens (primary N) is 1. The van der Waals surface area contributed by atoms with Crippen molar-refractivity contribution >= 4 is 23.1 Å². The topological polar surface area (TPSA) is 115 Å². The van der Waals surface area contributed by atoms with Gasteiger partial charge in [-0.15, -0.1) is 5.10 Å². The van der Waals surface area contributed by atoms with Crippen LogP contribution >= 0.6 is 0 Å². The number of nitrogens with zero attached hydrogens (tertiary/aromatic N) is 4. The van der Waals surface area contributed by atoms with Crippen LogP contribution in [0.1, 0.15) is 15.9 Å². The van der Waals surface area contributed by atoms with E-state index in [4.69, 9.17) is 5.73 Å². The van der Waals surface area contributed by atoms with Crippen molar-refractivity contribution in [3.8, 4) is 11.3 Å². The van der Waals surface area contributed by atoms with Crippen LogP contribution in [0.4, 0.5) is 5.69 Å². The fraction of sp³-hybridized carbons (Fsp3) is 0.0500. The van der Waals surface area contributed by atoms with Gasteiger partial charge >= 0.3 is 0 Å². The Bertz CT molecular complexity index is 1150. The van der Waals surface area contributed by atoms with Crippen molar-refractivity contribution in [3.63, 3.8) is 0 Å². The molecular formula is C20H15N6O2. The standard InChI is InChI=1S/C20H15N6O2/c21-19(28)16-7-8-17(26-20(16)23-12-24-26)14-5-3-13(4-6-14)10-18(27)25-15-2-1-9-22-11-15/h1-9,11H,10H2,(H2,21,28)(H,25,27). The van der Waals surface area contributed by atoms with Crippen molar-refractivity contribution in [2.45, 2.75) is 6.42 Å². The molecule has 8 heteroatoms. The normalized spacial score (nSPS) is 10.7. The van der Waals surface area contributed by atoms with Gasteiger partial charge in [0.1, 0.15) is 0 Å². The molecule has 3 aromatic heterocycles. The Morgan fingerprint density at radius 1 is 1.11 bits per heavy atom. The molecule has 0 aliphatic rings. The zero-order chi connectivity index (χ0) is 19.5. The van der Waals surface area contributed by atoms with Gasteiger partial charge in [0.2, 0.25) is 12.2 Å². The minimum absolute atomic E-state index is 0.125. The van der Waals surface area contributed by atoms with Crippen LogP contribution < -0.4 is 11.1 Å². The van der Waals surface area contributed by atoms with Crippen molar-refractivity contribution < 1.29 is 9.59 Å². The SMILES string of the molecule is NC(=O)c1ccc(-c2ccc(CC(=O)Nc3cccnc3)cc2)n2n[c]nc12. The average Bonchev–Trinajstić information content (AvgIpc) is 3.18. The number of anilines is 1. The quantitative estimate of drug-likeness (QED) is 0.556. The molecule has 2 amide bonds. The number of carbonyl (C=O) groups excluding carboxylic acids is 2. The van der Waals surface area contributed by atoms with Crippen molar-refractivity contribution in [3.05, 3.63) is 78.4 Å². The van der Waals surface area contributed by atoms with Gasteiger partial charge in [0, 0.05) is 11.8 Å². The van der Waals surface area contributed by atoms with Gasteiger partial charge in [-0.05, 0) is 29.8 Å². The lowest BCUT2D eigenvalue weighted by molar-refractivity contribution is -0.115. The molecule has 8 nitrogen and oxygen atoms in total. The van der Waals surface area contributed by atoms with Crippen LogP contribution in [0.15, 0.2) is 60.9 Å². The Balaban J connectivity index is 1.55. The number of nitrogens with one attached hydrogen (secondary N) is 1. The molecule has 0 saturated carbocycles. The van der Waals surface area contributed by atoms with Crippen LogP contribution in [0.3, 0.4) is 0 Å². The summed E-state index contributed by atoms with van der Waals surface area (Å²) in [6.07, 6.45) is 5.98. The maximum Gasteiger partial charge on any atom is 0.252 e. The summed E-state index contributed by atoms with van der Waals surface area (Å²) in [5.74, 6) is -0.701. The molecule has 3 heterocycles. The first kappa shape index (κ1) is 17.3. The Labute approximate surface area is 160 Å². The molecule has 0 bridgehead atoms. The lowest BCUT2D eigenvalue weighted by atomic mass is 10.1. The summed E-state index contributed by atoms with van der Waals surface area (Å²) in [6, 6.07) is 14.4. The van der Waals surface area contributed by atoms with E-state index in [1.165, 1.54) is 4.52 Å². The molecule has 0 atom stereocenters. The van der Waals surface area contributed by atoms with Gasteiger partial charge in [-0.25, -0.2) is 9.50 Å². The first-order valence-corrected chi connectivity index (χ1v) is 8.46. The van der Waals surface area contributed by atoms with Crippen LogP contribution in [-0.2, 0) is 11.2 Å². The Morgan fingerprint density at radius 2 is 1.93 bits per heavy atom. The third kappa shape index (κ3) is 3.43. The molecule has 0 unspecified atom stereocenters. The smallest absolute Gasteiger partial charge is 0.252 e. The zero-order valence-corrected chi connectivity index (χ0v) is 14.7. The van der Waals surface area contributed by atoms with Gasteiger partial charge in [-0.1, -0.05) is 24.3 Å². The van der Waals surface area contributed by atoms with E-state index in [-0.39, 0.29) is 17.9 Å². The second-order valence-electron chi connectivity index (χ2n) is 6.11. The van der Waals surface area contributed by atoms with Crippen LogP contribution in [0, 0.1) is 6.33 Å². The maximum atomic E-state index is 12.2. The summed E-state index contributed by atoms with van der Waals surface area (Å²) in [5.41, 5.74) is 9.12. The molecule has 28 heavy (non-hydrogen) atoms. The van der Waals surface area contributed by atoms with Crippen molar-refractivity contribution in [2.24, 2.45) is 5.73 Å². The molecule has 4 aromatic rings. The summed E-state index contributed by atoms with van der Waals surface area (Å²) in [6.45, 7) is 0. The summed E-state index contributed by atoms with van der Waals surface area (Å²) >= 11 is 0. The number of pyridine rings is 2. The summed E-state index contributed by atoms with van der Waals surface area (Å²) in [5, 5.41) is 6.86. The van der Waals surface area contributed by atoms with Crippen molar-refractivity contribution in [1.82, 2.24) is 19.6 Å². The predicted molar refractivity (Wildman–Crippen MR) is 102 cm³/mol. The summed E-state index contributed by atoms with van der Waals surface area (Å²) in [7, 11) is 0. The number of benzene rings is 1. The molecule has 1 aromatic carbocycles. The fourth-order valence-corrected chi connectivity index (χ4v) is 2.89. The minimum atomic E-state index is -0.576. The Hall–Kier alpha value is -4.07. The van der Waals surface area contributed by atoms with E-state index in [0.717, 1.165) is 16.8 Å². The van der Waals surface area contributed by atoms with Crippen LogP contribution in [0.25, 0.3) is 16.9 Å². The zero-order valence-electron chi connectivity index (χ0n) is 14.7. The number of hydrogen-bond donors (Lipinski definition) is 2. The highest BCUT2D eigenvalue weighted by atomic mass is 16.2. The lowest BCUT2D eigenvalue weighted by Gasteiger charge is -2.08. The second kappa shape index (κ2) is 7.28. The highest BCUT2D eigenvalue weighted by Crippen LogP contribution is 2.22. The Morgan fingerprint density at radius 3 is 2.64 bits per heavy atom. The lowest BCUT2D eigenvalue weighted by Crippen LogP contribution is -2.14. The van der Waals surface area contributed by atoms with Gasteiger partial charge in [0.05, 0.1) is 29.6 Å². The summed E-state index contributed by atoms with van der Waals surface area (Å²) < 4.78 is 1.52. The number of primary amides is 1. The second-order valence-corrected chi connectivity index (χ2v) is 6.11. The first-order valence-electron chi connectivity index (χ1n) is 8.46. The minimum Gasteiger partial charge on any atom is -0.365 e. The van der Waals surface area contributed by atoms with Crippen molar-refractivity contribution in [2.75, 3.05) is 5.32 Å². The Kier molecular flexibility index (Phi) is 4.51. The third-order valence-corrected chi connectivity index (χ3v) is 4.20. The molecule has 4 rings (SSSR count). The molecule has 0 aliphatic heterocycles. The highest BCUT2D eigenvalue weighted by molar-refractivity contribution is 5.99. The van der Waals surface area contributed by atoms with Crippen molar-refractivity contribution in [1.29, 1.82) is 0 Å². The van der Waals surface area contributed by atoms with Gasteiger partial charge in [0.15, 0.2) is 5.65 Å². The predicted octanol–water partition coefficient (Wildman–Crippen LogP) is 1.87. The highest BCUT2D eigenvalue weighted by Gasteiger charge is 2.13. The van der Waals surface area contributed by atoms with Gasteiger partial charge in [-0.2, -0.15) is 0 Å². The molecule has 1 radical (unpaired) electrons. The fourth-order valence-electron chi connectivity index (χ4n) is 2.89. The number of amides is 2. The van der Waals surface area contributed by atoms with E-state index < -0.39 is 5.91 Å². The number of aromatic nitrogens is 4. The maximum absolute atomic E-state index is 12.2. The van der Waals surface area contributed by atoms with Gasteiger partial charge < -0.3 is 11.1 Å². The molecule has 0 aliphatic carbocycles. The van der Waals surface area contributed by atoms with Gasteiger partial charge in [-0.3, -0.25) is 14.6 Å². The van der Waals surface area contributed by atoms with E-state index in [9.17, 15) is 9.59 Å². The van der Waals surface area contributed by atoms with Crippen LogP contribution in [-0.4, -0.2) is 31.4 Å². The molecule has 137 valence electrons. The molecule has 3 N–H and O–H groups in total. The number of carbonyl (C=O) groups is 2. The van der Waals surface area contributed by atoms with Gasteiger partial charge in [0.25, 0.3) is 5.91 Å².